The summed E-state index contributed by atoms with van der Waals surface area (Å²) in [5, 5.41) is 3.26. The lowest BCUT2D eigenvalue weighted by atomic mass is 9.77. The third-order valence-electron chi connectivity index (χ3n) is 5.21. The van der Waals surface area contributed by atoms with Gasteiger partial charge in [0.1, 0.15) is 5.82 Å². The average molecular weight is 289 g/mol. The minimum absolute atomic E-state index is 0.123. The molecule has 0 aliphatic heterocycles. The molecule has 1 aromatic rings. The quantitative estimate of drug-likeness (QED) is 0.892. The van der Waals surface area contributed by atoms with E-state index < -0.39 is 5.41 Å². The standard InChI is InChI=1S/C18H24FNO/c19-15-8-6-7-14(13-15)18(11-4-5-12-18)17(21)20-16-9-2-1-3-10-16/h6-8,13,16H,1-5,9-12H2,(H,20,21). The molecule has 0 atom stereocenters. The van der Waals surface area contributed by atoms with E-state index in [1.54, 1.807) is 12.1 Å². The summed E-state index contributed by atoms with van der Waals surface area (Å²) in [4.78, 5) is 12.9. The predicted octanol–water partition coefficient (Wildman–Crippen LogP) is 4.09. The molecule has 1 aromatic carbocycles. The van der Waals surface area contributed by atoms with Crippen LogP contribution in [0, 0.1) is 5.82 Å². The van der Waals surface area contributed by atoms with Crippen molar-refractivity contribution in [2.45, 2.75) is 69.2 Å². The molecule has 1 N–H and O–H groups in total. The Morgan fingerprint density at radius 3 is 2.48 bits per heavy atom. The second-order valence-corrected chi connectivity index (χ2v) is 6.61. The maximum Gasteiger partial charge on any atom is 0.230 e. The summed E-state index contributed by atoms with van der Waals surface area (Å²) in [6.45, 7) is 0. The molecule has 2 aliphatic rings. The van der Waals surface area contributed by atoms with E-state index in [0.717, 1.165) is 44.1 Å². The number of halogens is 1. The summed E-state index contributed by atoms with van der Waals surface area (Å²) >= 11 is 0. The van der Waals surface area contributed by atoms with Gasteiger partial charge >= 0.3 is 0 Å². The molecule has 0 spiro atoms. The van der Waals surface area contributed by atoms with Crippen LogP contribution in [0.25, 0.3) is 0 Å². The first-order valence-corrected chi connectivity index (χ1v) is 8.28. The highest BCUT2D eigenvalue weighted by Gasteiger charge is 2.43. The Bertz CT molecular complexity index is 502. The third-order valence-corrected chi connectivity index (χ3v) is 5.21. The second kappa shape index (κ2) is 6.17. The normalized spacial score (nSPS) is 22.1. The highest BCUT2D eigenvalue weighted by Crippen LogP contribution is 2.41. The minimum Gasteiger partial charge on any atom is -0.353 e. The Kier molecular flexibility index (Phi) is 4.27. The lowest BCUT2D eigenvalue weighted by Gasteiger charge is -2.32. The fraction of sp³-hybridized carbons (Fsp3) is 0.611. The van der Waals surface area contributed by atoms with Gasteiger partial charge in [-0.1, -0.05) is 44.2 Å². The fourth-order valence-corrected chi connectivity index (χ4v) is 3.98. The van der Waals surface area contributed by atoms with Crippen molar-refractivity contribution in [2.75, 3.05) is 0 Å². The van der Waals surface area contributed by atoms with E-state index in [1.807, 2.05) is 6.07 Å². The first-order chi connectivity index (χ1) is 10.2. The predicted molar refractivity (Wildman–Crippen MR) is 81.6 cm³/mol. The number of amides is 1. The highest BCUT2D eigenvalue weighted by molar-refractivity contribution is 5.88. The van der Waals surface area contributed by atoms with Crippen LogP contribution in [0.1, 0.15) is 63.4 Å². The highest BCUT2D eigenvalue weighted by atomic mass is 19.1. The van der Waals surface area contributed by atoms with Crippen LogP contribution in [0.4, 0.5) is 4.39 Å². The van der Waals surface area contributed by atoms with Gasteiger partial charge in [0.2, 0.25) is 5.91 Å². The summed E-state index contributed by atoms with van der Waals surface area (Å²) < 4.78 is 13.6. The zero-order valence-corrected chi connectivity index (χ0v) is 12.5. The minimum atomic E-state index is -0.500. The van der Waals surface area contributed by atoms with E-state index in [2.05, 4.69) is 5.32 Å². The van der Waals surface area contributed by atoms with E-state index in [4.69, 9.17) is 0 Å². The van der Waals surface area contributed by atoms with Crippen LogP contribution < -0.4 is 5.32 Å². The molecule has 3 rings (SSSR count). The molecule has 2 fully saturated rings. The van der Waals surface area contributed by atoms with Gasteiger partial charge in [0, 0.05) is 6.04 Å². The number of carbonyl (C=O) groups excluding carboxylic acids is 1. The zero-order valence-electron chi connectivity index (χ0n) is 12.5. The molecule has 0 unspecified atom stereocenters. The van der Waals surface area contributed by atoms with Crippen molar-refractivity contribution in [3.05, 3.63) is 35.6 Å². The van der Waals surface area contributed by atoms with E-state index in [0.29, 0.717) is 6.04 Å². The van der Waals surface area contributed by atoms with E-state index >= 15 is 0 Å². The molecule has 2 aliphatic carbocycles. The third kappa shape index (κ3) is 2.97. The Balaban J connectivity index is 1.81. The van der Waals surface area contributed by atoms with Gasteiger partial charge in [-0.15, -0.1) is 0 Å². The second-order valence-electron chi connectivity index (χ2n) is 6.61. The molecule has 2 nitrogen and oxygen atoms in total. The van der Waals surface area contributed by atoms with Gasteiger partial charge < -0.3 is 5.32 Å². The molecular formula is C18H24FNO. The molecule has 0 bridgehead atoms. The van der Waals surface area contributed by atoms with Gasteiger partial charge in [0.15, 0.2) is 0 Å². The molecule has 3 heteroatoms. The molecule has 21 heavy (non-hydrogen) atoms. The van der Waals surface area contributed by atoms with Crippen molar-refractivity contribution in [1.29, 1.82) is 0 Å². The van der Waals surface area contributed by atoms with E-state index in [1.165, 1.54) is 25.3 Å². The average Bonchev–Trinajstić information content (AvgIpc) is 2.99. The number of nitrogens with one attached hydrogen (secondary N) is 1. The van der Waals surface area contributed by atoms with Gasteiger partial charge in [-0.05, 0) is 43.4 Å². The number of hydrogen-bond donors (Lipinski definition) is 1. The van der Waals surface area contributed by atoms with Gasteiger partial charge in [-0.25, -0.2) is 4.39 Å². The van der Waals surface area contributed by atoms with Crippen molar-refractivity contribution >= 4 is 5.91 Å². The van der Waals surface area contributed by atoms with Crippen molar-refractivity contribution in [3.63, 3.8) is 0 Å². The van der Waals surface area contributed by atoms with Gasteiger partial charge in [0.25, 0.3) is 0 Å². The van der Waals surface area contributed by atoms with Crippen LogP contribution in [0.15, 0.2) is 24.3 Å². The molecule has 0 heterocycles. The number of benzene rings is 1. The summed E-state index contributed by atoms with van der Waals surface area (Å²) in [5.74, 6) is -0.123. The number of rotatable bonds is 3. The molecular weight excluding hydrogens is 265 g/mol. The van der Waals surface area contributed by atoms with Crippen molar-refractivity contribution in [1.82, 2.24) is 5.32 Å². The van der Waals surface area contributed by atoms with Crippen molar-refractivity contribution in [3.8, 4) is 0 Å². The van der Waals surface area contributed by atoms with Crippen LogP contribution in [0.3, 0.4) is 0 Å². The summed E-state index contributed by atoms with van der Waals surface area (Å²) in [6, 6.07) is 6.95. The first kappa shape index (κ1) is 14.6. The van der Waals surface area contributed by atoms with Crippen LogP contribution in [-0.4, -0.2) is 11.9 Å². The monoisotopic (exact) mass is 289 g/mol. The Morgan fingerprint density at radius 1 is 1.10 bits per heavy atom. The maximum atomic E-state index is 13.6. The van der Waals surface area contributed by atoms with Crippen molar-refractivity contribution in [2.24, 2.45) is 0 Å². The lowest BCUT2D eigenvalue weighted by molar-refractivity contribution is -0.127. The van der Waals surface area contributed by atoms with Gasteiger partial charge in [0.05, 0.1) is 5.41 Å². The van der Waals surface area contributed by atoms with Crippen molar-refractivity contribution < 1.29 is 9.18 Å². The van der Waals surface area contributed by atoms with E-state index in [9.17, 15) is 9.18 Å². The largest absolute Gasteiger partial charge is 0.353 e. The van der Waals surface area contributed by atoms with Gasteiger partial charge in [-0.3, -0.25) is 4.79 Å². The Labute approximate surface area is 126 Å². The van der Waals surface area contributed by atoms with Crippen LogP contribution in [0.2, 0.25) is 0 Å². The SMILES string of the molecule is O=C(NC1CCCCC1)C1(c2cccc(F)c2)CCCC1. The molecule has 1 amide bonds. The molecule has 0 aromatic heterocycles. The summed E-state index contributed by atoms with van der Waals surface area (Å²) in [5.41, 5.74) is 0.354. The maximum absolute atomic E-state index is 13.6. The summed E-state index contributed by atoms with van der Waals surface area (Å²) in [6.07, 6.45) is 9.65. The van der Waals surface area contributed by atoms with Crippen LogP contribution in [-0.2, 0) is 10.2 Å². The number of hydrogen-bond acceptors (Lipinski definition) is 1. The topological polar surface area (TPSA) is 29.1 Å². The zero-order chi connectivity index (χ0) is 14.7. The molecule has 2 saturated carbocycles. The van der Waals surface area contributed by atoms with Gasteiger partial charge in [-0.2, -0.15) is 0 Å². The number of carbonyl (C=O) groups is 1. The lowest BCUT2D eigenvalue weighted by Crippen LogP contribution is -2.47. The van der Waals surface area contributed by atoms with E-state index in [-0.39, 0.29) is 11.7 Å². The van der Waals surface area contributed by atoms with Crippen LogP contribution in [0.5, 0.6) is 0 Å². The first-order valence-electron chi connectivity index (χ1n) is 8.28. The molecule has 0 radical (unpaired) electrons. The van der Waals surface area contributed by atoms with Crippen LogP contribution >= 0.6 is 0 Å². The smallest absolute Gasteiger partial charge is 0.230 e. The Morgan fingerprint density at radius 2 is 1.81 bits per heavy atom. The molecule has 114 valence electrons. The fourth-order valence-electron chi connectivity index (χ4n) is 3.98. The molecule has 0 saturated heterocycles. The summed E-state index contributed by atoms with van der Waals surface area (Å²) in [7, 11) is 0. The Hall–Kier alpha value is -1.38.